The Bertz CT molecular complexity index is 880. The highest BCUT2D eigenvalue weighted by atomic mass is 16.4. The molecule has 0 bridgehead atoms. The largest absolute Gasteiger partial charge is 0.481 e. The summed E-state index contributed by atoms with van der Waals surface area (Å²) in [6, 6.07) is 16.0. The van der Waals surface area contributed by atoms with Gasteiger partial charge in [0.15, 0.2) is 0 Å². The number of fused-ring (bicyclic) bond motifs is 1. The van der Waals surface area contributed by atoms with Gasteiger partial charge in [0.2, 0.25) is 5.91 Å². The number of carboxylic acids is 2. The van der Waals surface area contributed by atoms with Crippen molar-refractivity contribution in [2.24, 2.45) is 5.92 Å². The Balaban J connectivity index is 1.68. The molecule has 0 spiro atoms. The average Bonchev–Trinajstić information content (AvgIpc) is 2.73. The molecule has 29 heavy (non-hydrogen) atoms. The molecule has 1 aliphatic heterocycles. The van der Waals surface area contributed by atoms with Crippen LogP contribution in [0.15, 0.2) is 54.6 Å². The summed E-state index contributed by atoms with van der Waals surface area (Å²) in [5.74, 6) is -2.95. The molecule has 2 N–H and O–H groups in total. The molecule has 6 nitrogen and oxygen atoms in total. The number of para-hydroxylation sites is 1. The van der Waals surface area contributed by atoms with Gasteiger partial charge in [-0.05, 0) is 49.3 Å². The monoisotopic (exact) mass is 395 g/mol. The number of carbonyl (C=O) groups is 3. The fourth-order valence-corrected chi connectivity index (χ4v) is 3.88. The van der Waals surface area contributed by atoms with Gasteiger partial charge in [0.25, 0.3) is 0 Å². The minimum absolute atomic E-state index is 0.00384. The van der Waals surface area contributed by atoms with Gasteiger partial charge in [-0.25, -0.2) is 4.79 Å². The van der Waals surface area contributed by atoms with E-state index in [0.717, 1.165) is 11.1 Å². The van der Waals surface area contributed by atoms with Crippen molar-refractivity contribution < 1.29 is 24.6 Å². The maximum Gasteiger partial charge on any atom is 0.326 e. The normalized spacial score (nSPS) is 16.7. The Morgan fingerprint density at radius 3 is 2.34 bits per heavy atom. The lowest BCUT2D eigenvalue weighted by molar-refractivity contribution is -0.143. The molecule has 0 aromatic heterocycles. The molecule has 0 saturated carbocycles. The molecule has 0 aliphatic carbocycles. The first-order chi connectivity index (χ1) is 14.0. The molecule has 3 rings (SSSR count). The first-order valence-corrected chi connectivity index (χ1v) is 9.87. The fraction of sp³-hybridized carbons (Fsp3) is 0.348. The SMILES string of the molecule is O=C(O)C(CCC(=O)N1c2ccccc2CCC1C(=O)O)CCc1ccccc1. The van der Waals surface area contributed by atoms with Crippen LogP contribution < -0.4 is 4.90 Å². The van der Waals surface area contributed by atoms with E-state index in [2.05, 4.69) is 0 Å². The molecule has 1 heterocycles. The standard InChI is InChI=1S/C23H25NO5/c25-21(15-13-18(22(26)27)11-10-16-6-2-1-3-7-16)24-19-9-5-4-8-17(19)12-14-20(24)23(28)29/h1-9,18,20H,10-15H2,(H,26,27)(H,28,29). The van der Waals surface area contributed by atoms with E-state index in [1.54, 1.807) is 12.1 Å². The second kappa shape index (κ2) is 9.37. The zero-order valence-electron chi connectivity index (χ0n) is 16.2. The van der Waals surface area contributed by atoms with Crippen molar-refractivity contribution in [1.29, 1.82) is 0 Å². The Hall–Kier alpha value is -3.15. The smallest absolute Gasteiger partial charge is 0.326 e. The van der Waals surface area contributed by atoms with Crippen LogP contribution in [0.25, 0.3) is 0 Å². The lowest BCUT2D eigenvalue weighted by Crippen LogP contribution is -2.48. The van der Waals surface area contributed by atoms with Gasteiger partial charge in [-0.1, -0.05) is 48.5 Å². The minimum atomic E-state index is -1.04. The third kappa shape index (κ3) is 5.02. The Labute approximate surface area is 169 Å². The predicted molar refractivity (Wildman–Crippen MR) is 109 cm³/mol. The first-order valence-electron chi connectivity index (χ1n) is 9.87. The first kappa shape index (κ1) is 20.6. The lowest BCUT2D eigenvalue weighted by atomic mass is 9.92. The summed E-state index contributed by atoms with van der Waals surface area (Å²) in [7, 11) is 0. The summed E-state index contributed by atoms with van der Waals surface area (Å²) in [6.45, 7) is 0. The summed E-state index contributed by atoms with van der Waals surface area (Å²) in [6.07, 6.45) is 2.21. The molecule has 0 saturated heterocycles. The number of carboxylic acid groups (broad SMARTS) is 2. The third-order valence-electron chi connectivity index (χ3n) is 5.48. The Morgan fingerprint density at radius 1 is 0.966 bits per heavy atom. The second-order valence-electron chi connectivity index (χ2n) is 7.38. The van der Waals surface area contributed by atoms with Crippen LogP contribution in [0.2, 0.25) is 0 Å². The van der Waals surface area contributed by atoms with Gasteiger partial charge in [0.1, 0.15) is 6.04 Å². The van der Waals surface area contributed by atoms with E-state index in [1.165, 1.54) is 4.90 Å². The van der Waals surface area contributed by atoms with Crippen LogP contribution in [0, 0.1) is 5.92 Å². The number of aliphatic carboxylic acids is 2. The third-order valence-corrected chi connectivity index (χ3v) is 5.48. The second-order valence-corrected chi connectivity index (χ2v) is 7.38. The van der Waals surface area contributed by atoms with E-state index in [0.29, 0.717) is 31.4 Å². The van der Waals surface area contributed by atoms with E-state index in [1.807, 2.05) is 42.5 Å². The van der Waals surface area contributed by atoms with Crippen molar-refractivity contribution in [2.45, 2.75) is 44.6 Å². The zero-order valence-corrected chi connectivity index (χ0v) is 16.2. The molecular weight excluding hydrogens is 370 g/mol. The highest BCUT2D eigenvalue weighted by Crippen LogP contribution is 2.32. The van der Waals surface area contributed by atoms with E-state index >= 15 is 0 Å². The number of nitrogens with zero attached hydrogens (tertiary/aromatic N) is 1. The van der Waals surface area contributed by atoms with Crippen LogP contribution in [0.4, 0.5) is 5.69 Å². The van der Waals surface area contributed by atoms with Crippen molar-refractivity contribution in [3.63, 3.8) is 0 Å². The molecule has 1 aliphatic rings. The summed E-state index contributed by atoms with van der Waals surface area (Å²) < 4.78 is 0. The molecule has 152 valence electrons. The molecule has 2 unspecified atom stereocenters. The van der Waals surface area contributed by atoms with Crippen molar-refractivity contribution in [3.8, 4) is 0 Å². The van der Waals surface area contributed by atoms with Crippen molar-refractivity contribution in [1.82, 2.24) is 0 Å². The maximum atomic E-state index is 12.9. The van der Waals surface area contributed by atoms with Gasteiger partial charge in [-0.3, -0.25) is 14.5 Å². The van der Waals surface area contributed by atoms with Gasteiger partial charge < -0.3 is 10.2 Å². The number of rotatable bonds is 8. The van der Waals surface area contributed by atoms with Gasteiger partial charge in [-0.2, -0.15) is 0 Å². The Morgan fingerprint density at radius 2 is 1.66 bits per heavy atom. The average molecular weight is 395 g/mol. The number of anilines is 1. The molecule has 6 heteroatoms. The van der Waals surface area contributed by atoms with E-state index in [4.69, 9.17) is 0 Å². The van der Waals surface area contributed by atoms with Crippen molar-refractivity contribution >= 4 is 23.5 Å². The van der Waals surface area contributed by atoms with Crippen LogP contribution >= 0.6 is 0 Å². The topological polar surface area (TPSA) is 94.9 Å². The number of aryl methyl sites for hydroxylation is 2. The fourth-order valence-electron chi connectivity index (χ4n) is 3.88. The number of carbonyl (C=O) groups excluding carboxylic acids is 1. The zero-order chi connectivity index (χ0) is 20.8. The molecule has 0 fully saturated rings. The van der Waals surface area contributed by atoms with Crippen molar-refractivity contribution in [2.75, 3.05) is 4.90 Å². The molecule has 2 aromatic carbocycles. The summed E-state index contributed by atoms with van der Waals surface area (Å²) in [4.78, 5) is 37.6. The van der Waals surface area contributed by atoms with Crippen LogP contribution in [-0.4, -0.2) is 34.1 Å². The van der Waals surface area contributed by atoms with Gasteiger partial charge in [0.05, 0.1) is 5.92 Å². The predicted octanol–water partition coefficient (Wildman–Crippen LogP) is 3.53. The lowest BCUT2D eigenvalue weighted by Gasteiger charge is -2.35. The summed E-state index contributed by atoms with van der Waals surface area (Å²) in [5.41, 5.74) is 2.62. The quantitative estimate of drug-likeness (QED) is 0.713. The number of hydrogen-bond donors (Lipinski definition) is 2. The number of amides is 1. The summed E-state index contributed by atoms with van der Waals surface area (Å²) in [5, 5.41) is 19.1. The molecule has 2 aromatic rings. The highest BCUT2D eigenvalue weighted by molar-refractivity contribution is 6.00. The highest BCUT2D eigenvalue weighted by Gasteiger charge is 2.35. The number of hydrogen-bond acceptors (Lipinski definition) is 3. The molecule has 1 amide bonds. The van der Waals surface area contributed by atoms with E-state index in [-0.39, 0.29) is 18.7 Å². The van der Waals surface area contributed by atoms with E-state index < -0.39 is 23.9 Å². The van der Waals surface area contributed by atoms with Crippen molar-refractivity contribution in [3.05, 3.63) is 65.7 Å². The molecular formula is C23H25NO5. The molecule has 0 radical (unpaired) electrons. The maximum absolute atomic E-state index is 12.9. The van der Waals surface area contributed by atoms with Crippen LogP contribution in [0.1, 0.15) is 36.8 Å². The van der Waals surface area contributed by atoms with Crippen LogP contribution in [0.5, 0.6) is 0 Å². The van der Waals surface area contributed by atoms with Crippen LogP contribution in [0.3, 0.4) is 0 Å². The van der Waals surface area contributed by atoms with Gasteiger partial charge in [0, 0.05) is 12.1 Å². The van der Waals surface area contributed by atoms with Gasteiger partial charge in [-0.15, -0.1) is 0 Å². The van der Waals surface area contributed by atoms with E-state index in [9.17, 15) is 24.6 Å². The molecule has 2 atom stereocenters. The minimum Gasteiger partial charge on any atom is -0.481 e. The summed E-state index contributed by atoms with van der Waals surface area (Å²) >= 11 is 0. The van der Waals surface area contributed by atoms with Crippen LogP contribution in [-0.2, 0) is 27.2 Å². The van der Waals surface area contributed by atoms with Gasteiger partial charge >= 0.3 is 11.9 Å². The number of benzene rings is 2. The Kier molecular flexibility index (Phi) is 6.65.